The Morgan fingerprint density at radius 2 is 1.95 bits per heavy atom. The van der Waals surface area contributed by atoms with E-state index < -0.39 is 21.7 Å². The van der Waals surface area contributed by atoms with E-state index in [1.165, 1.54) is 12.1 Å². The van der Waals surface area contributed by atoms with Crippen LogP contribution in [0.25, 0.3) is 11.3 Å². The number of sulfonamides is 1. The number of hydrogen-bond donors (Lipinski definition) is 1. The highest BCUT2D eigenvalue weighted by Gasteiger charge is 2.46. The molecule has 2 heterocycles. The molecule has 2 saturated carbocycles. The zero-order valence-corrected chi connectivity index (χ0v) is 24.7. The van der Waals surface area contributed by atoms with Gasteiger partial charge in [0.25, 0.3) is 5.91 Å². The number of carbonyl (C=O) groups excluding carboxylic acids is 1. The van der Waals surface area contributed by atoms with Gasteiger partial charge in [-0.25, -0.2) is 17.5 Å². The van der Waals surface area contributed by atoms with E-state index >= 15 is 0 Å². The number of nitrogens with one attached hydrogen (secondary N) is 1. The first-order valence-electron chi connectivity index (χ1n) is 13.8. The predicted molar refractivity (Wildman–Crippen MR) is 154 cm³/mol. The second-order valence-corrected chi connectivity index (χ2v) is 13.7. The molecule has 3 fully saturated rings. The van der Waals surface area contributed by atoms with E-state index in [0.717, 1.165) is 37.0 Å². The predicted octanol–water partition coefficient (Wildman–Crippen LogP) is 6.32. The van der Waals surface area contributed by atoms with Gasteiger partial charge in [0, 0.05) is 41.2 Å². The molecular weight excluding hydrogens is 592 g/mol. The van der Waals surface area contributed by atoms with Gasteiger partial charge in [0.1, 0.15) is 17.3 Å². The average molecular weight is 623 g/mol. The molecule has 3 atom stereocenters. The van der Waals surface area contributed by atoms with Crippen LogP contribution >= 0.6 is 23.2 Å². The molecule has 1 saturated heterocycles. The molecule has 1 aliphatic heterocycles. The molecule has 2 aromatic carbocycles. The minimum atomic E-state index is -3.80. The summed E-state index contributed by atoms with van der Waals surface area (Å²) in [7, 11) is -3.80. The van der Waals surface area contributed by atoms with Crippen LogP contribution < -0.4 is 9.62 Å². The smallest absolute Gasteiger partial charge is 0.267 e. The maximum atomic E-state index is 14.9. The highest BCUT2D eigenvalue weighted by atomic mass is 35.5. The summed E-state index contributed by atoms with van der Waals surface area (Å²) < 4.78 is 52.9. The number of piperidine rings is 1. The largest absolute Gasteiger partial charge is 0.373 e. The molecule has 2 aliphatic carbocycles. The van der Waals surface area contributed by atoms with Gasteiger partial charge in [-0.05, 0) is 62.4 Å². The van der Waals surface area contributed by atoms with Crippen LogP contribution in [-0.2, 0) is 21.4 Å². The summed E-state index contributed by atoms with van der Waals surface area (Å²) in [6.45, 7) is 2.71. The molecule has 0 radical (unpaired) electrons. The Morgan fingerprint density at radius 1 is 1.20 bits per heavy atom. The molecular formula is C29H30Cl2FN3O5S. The fraction of sp³-hybridized carbons (Fsp3) is 0.448. The number of nitrogens with zero attached hydrogens (tertiary/aromatic N) is 2. The van der Waals surface area contributed by atoms with Gasteiger partial charge in [0.05, 0.1) is 34.1 Å². The third-order valence-corrected chi connectivity index (χ3v) is 10.2. The number of carbonyl (C=O) groups is 1. The number of fused-ring (bicyclic) bond motifs is 2. The summed E-state index contributed by atoms with van der Waals surface area (Å²) in [5.41, 5.74) is 2.51. The van der Waals surface area contributed by atoms with E-state index in [4.69, 9.17) is 32.5 Å². The van der Waals surface area contributed by atoms with Crippen molar-refractivity contribution < 1.29 is 26.9 Å². The van der Waals surface area contributed by atoms with E-state index in [1.807, 2.05) is 4.72 Å². The van der Waals surface area contributed by atoms with Crippen molar-refractivity contribution in [2.24, 2.45) is 5.92 Å². The maximum Gasteiger partial charge on any atom is 0.267 e. The zero-order valence-electron chi connectivity index (χ0n) is 22.4. The highest BCUT2D eigenvalue weighted by molar-refractivity contribution is 7.90. The summed E-state index contributed by atoms with van der Waals surface area (Å²) in [5.74, 6) is -0.501. The van der Waals surface area contributed by atoms with Gasteiger partial charge in [-0.3, -0.25) is 4.79 Å². The van der Waals surface area contributed by atoms with Crippen LogP contribution in [0.1, 0.15) is 66.6 Å². The SMILES string of the molecule is CCCS(=O)(=O)NC(=O)c1ccc(N2C[C@@H]3C[C@H]2C[C@H]3OCc2c(-c3c(Cl)cccc3Cl)noc2C2CC2)cc1F. The van der Waals surface area contributed by atoms with Crippen LogP contribution in [0.15, 0.2) is 40.9 Å². The average Bonchev–Trinajstić information content (AvgIpc) is 3.36. The van der Waals surface area contributed by atoms with Gasteiger partial charge >= 0.3 is 0 Å². The van der Waals surface area contributed by atoms with Gasteiger partial charge in [0.2, 0.25) is 10.0 Å². The first kappa shape index (κ1) is 28.5. The van der Waals surface area contributed by atoms with Gasteiger partial charge in [0.15, 0.2) is 0 Å². The second-order valence-electron chi connectivity index (χ2n) is 11.0. The summed E-state index contributed by atoms with van der Waals surface area (Å²) in [5, 5.41) is 5.35. The number of ether oxygens (including phenoxy) is 1. The van der Waals surface area contributed by atoms with E-state index in [-0.39, 0.29) is 29.4 Å². The molecule has 12 heteroatoms. The van der Waals surface area contributed by atoms with Gasteiger partial charge in [-0.15, -0.1) is 0 Å². The van der Waals surface area contributed by atoms with Crippen molar-refractivity contribution in [3.05, 3.63) is 69.1 Å². The normalized spacial score (nSPS) is 22.0. The molecule has 2 bridgehead atoms. The quantitative estimate of drug-likeness (QED) is 0.283. The third kappa shape index (κ3) is 5.71. The zero-order chi connectivity index (χ0) is 28.9. The lowest BCUT2D eigenvalue weighted by Crippen LogP contribution is -2.38. The van der Waals surface area contributed by atoms with Crippen molar-refractivity contribution in [3.63, 3.8) is 0 Å². The van der Waals surface area contributed by atoms with Crippen molar-refractivity contribution >= 4 is 44.8 Å². The van der Waals surface area contributed by atoms with Crippen molar-refractivity contribution in [2.45, 2.75) is 63.7 Å². The van der Waals surface area contributed by atoms with Gasteiger partial charge < -0.3 is 14.2 Å². The Balaban J connectivity index is 1.13. The topological polar surface area (TPSA) is 102 Å². The van der Waals surface area contributed by atoms with Crippen molar-refractivity contribution in [2.75, 3.05) is 17.2 Å². The standard InChI is InChI=1S/C29H30Cl2FN3O5S/c1-2-10-41(37,38)34-29(36)20-9-8-18(12-24(20)32)35-14-17-11-19(35)13-25(17)39-15-21-27(33-40-28(21)16-6-7-16)26-22(30)4-3-5-23(26)31/h3-5,8-9,12,16-17,19,25H,2,6-7,10-11,13-15H2,1H3,(H,34,36)/t17-,19-,25+/m0/s1. The van der Waals surface area contributed by atoms with Crippen LogP contribution in [0.3, 0.4) is 0 Å². The number of halogens is 3. The van der Waals surface area contributed by atoms with Crippen molar-refractivity contribution in [1.82, 2.24) is 9.88 Å². The number of benzene rings is 2. The fourth-order valence-electron chi connectivity index (χ4n) is 6.05. The van der Waals surface area contributed by atoms with Crippen LogP contribution in [-0.4, -0.2) is 43.9 Å². The molecule has 41 heavy (non-hydrogen) atoms. The van der Waals surface area contributed by atoms with E-state index in [9.17, 15) is 17.6 Å². The second kappa shape index (κ2) is 11.2. The van der Waals surface area contributed by atoms with Crippen LogP contribution in [0.2, 0.25) is 10.0 Å². The Bertz CT molecular complexity index is 1570. The van der Waals surface area contributed by atoms with Crippen LogP contribution in [0, 0.1) is 11.7 Å². The number of rotatable bonds is 10. The fourth-order valence-corrected chi connectivity index (χ4v) is 7.66. The van der Waals surface area contributed by atoms with Crippen LogP contribution in [0.5, 0.6) is 0 Å². The summed E-state index contributed by atoms with van der Waals surface area (Å²) in [6, 6.07) is 9.82. The van der Waals surface area contributed by atoms with Gasteiger partial charge in [-0.2, -0.15) is 0 Å². The molecule has 1 amide bonds. The molecule has 1 aromatic heterocycles. The van der Waals surface area contributed by atoms with Crippen molar-refractivity contribution in [3.8, 4) is 11.3 Å². The minimum absolute atomic E-state index is 0.0199. The third-order valence-electron chi connectivity index (χ3n) is 8.13. The summed E-state index contributed by atoms with van der Waals surface area (Å²) >= 11 is 13.0. The summed E-state index contributed by atoms with van der Waals surface area (Å²) in [4.78, 5) is 14.5. The Labute approximate surface area is 248 Å². The number of aromatic nitrogens is 1. The molecule has 0 spiro atoms. The van der Waals surface area contributed by atoms with Crippen molar-refractivity contribution in [1.29, 1.82) is 0 Å². The molecule has 218 valence electrons. The molecule has 3 aliphatic rings. The summed E-state index contributed by atoms with van der Waals surface area (Å²) in [6.07, 6.45) is 4.15. The Hall–Kier alpha value is -2.66. The Kier molecular flexibility index (Phi) is 7.78. The highest BCUT2D eigenvalue weighted by Crippen LogP contribution is 2.47. The molecule has 3 aromatic rings. The number of anilines is 1. The number of amides is 1. The lowest BCUT2D eigenvalue weighted by Gasteiger charge is -2.33. The lowest BCUT2D eigenvalue weighted by molar-refractivity contribution is 0.0122. The van der Waals surface area contributed by atoms with E-state index in [2.05, 4.69) is 10.1 Å². The minimum Gasteiger partial charge on any atom is -0.373 e. The molecule has 0 unspecified atom stereocenters. The van der Waals surface area contributed by atoms with E-state index in [1.54, 1.807) is 31.2 Å². The first-order chi connectivity index (χ1) is 19.6. The lowest BCUT2D eigenvalue weighted by atomic mass is 10.0. The van der Waals surface area contributed by atoms with E-state index in [0.29, 0.717) is 52.5 Å². The Morgan fingerprint density at radius 3 is 2.59 bits per heavy atom. The first-order valence-corrected chi connectivity index (χ1v) is 16.2. The van der Waals surface area contributed by atoms with Crippen LogP contribution in [0.4, 0.5) is 10.1 Å². The number of hydrogen-bond acceptors (Lipinski definition) is 7. The molecule has 8 nitrogen and oxygen atoms in total. The molecule has 1 N–H and O–H groups in total. The maximum absolute atomic E-state index is 14.9. The monoisotopic (exact) mass is 621 g/mol. The van der Waals surface area contributed by atoms with Gasteiger partial charge in [-0.1, -0.05) is 41.3 Å². The molecule has 6 rings (SSSR count).